The second kappa shape index (κ2) is 7.85. The number of likely N-dealkylation sites (tertiary alicyclic amines) is 2. The van der Waals surface area contributed by atoms with Crippen molar-refractivity contribution in [2.24, 2.45) is 0 Å². The first-order valence-corrected chi connectivity index (χ1v) is 10.1. The molecular weight excluding hydrogens is 371 g/mol. The molecule has 0 bridgehead atoms. The molecule has 2 aliphatic rings. The number of carbonyl (C=O) groups excluding carboxylic acids is 2. The largest absolute Gasteiger partial charge is 0.505 e. The number of hydrogen-bond acceptors (Lipinski definition) is 3. The van der Waals surface area contributed by atoms with E-state index in [1.165, 1.54) is 12.1 Å². The summed E-state index contributed by atoms with van der Waals surface area (Å²) in [6.07, 6.45) is 3.02. The third-order valence-corrected chi connectivity index (χ3v) is 6.08. The lowest BCUT2D eigenvalue weighted by Gasteiger charge is -2.44. The van der Waals surface area contributed by atoms with Crippen LogP contribution in [-0.4, -0.2) is 45.3 Å². The number of phenols is 1. The Morgan fingerprint density at radius 3 is 2.48 bits per heavy atom. The molecule has 2 aliphatic heterocycles. The van der Waals surface area contributed by atoms with Crippen LogP contribution in [0.2, 0.25) is 0 Å². The Labute approximate surface area is 169 Å². The van der Waals surface area contributed by atoms with Crippen LogP contribution in [0.5, 0.6) is 5.75 Å². The smallest absolute Gasteiger partial charge is 0.248 e. The van der Waals surface area contributed by atoms with Gasteiger partial charge >= 0.3 is 0 Å². The van der Waals surface area contributed by atoms with Gasteiger partial charge in [0.1, 0.15) is 5.54 Å². The normalized spacial score (nSPS) is 21.8. The number of halogens is 1. The second-order valence-corrected chi connectivity index (χ2v) is 7.96. The third kappa shape index (κ3) is 3.71. The van der Waals surface area contributed by atoms with E-state index >= 15 is 0 Å². The van der Waals surface area contributed by atoms with Crippen LogP contribution in [0.1, 0.15) is 36.8 Å². The number of benzene rings is 2. The molecule has 0 aliphatic carbocycles. The monoisotopic (exact) mass is 396 g/mol. The molecule has 2 amide bonds. The number of piperidine rings is 1. The molecule has 0 aromatic heterocycles. The maximum absolute atomic E-state index is 13.6. The molecule has 1 N–H and O–H groups in total. The van der Waals surface area contributed by atoms with Crippen molar-refractivity contribution in [1.29, 1.82) is 0 Å². The topological polar surface area (TPSA) is 60.9 Å². The molecule has 152 valence electrons. The lowest BCUT2D eigenvalue weighted by molar-refractivity contribution is -0.155. The van der Waals surface area contributed by atoms with Crippen molar-refractivity contribution < 1.29 is 19.1 Å². The maximum atomic E-state index is 13.6. The van der Waals surface area contributed by atoms with Crippen LogP contribution in [0.4, 0.5) is 4.39 Å². The molecule has 0 radical (unpaired) electrons. The standard InChI is InChI=1S/C23H25FN2O3/c24-19-14-18(8-9-20(19)27)15-21(28)26-13-5-11-23(26)10-4-12-25(22(23)29)16-17-6-2-1-3-7-17/h1-3,6-9,14,27H,4-5,10-13,15-16H2. The Bertz CT molecular complexity index is 918. The summed E-state index contributed by atoms with van der Waals surface area (Å²) in [7, 11) is 0. The van der Waals surface area contributed by atoms with Gasteiger partial charge in [0.15, 0.2) is 11.6 Å². The fourth-order valence-corrected chi connectivity index (χ4v) is 4.67. The fourth-order valence-electron chi connectivity index (χ4n) is 4.67. The molecule has 5 nitrogen and oxygen atoms in total. The van der Waals surface area contributed by atoms with Crippen molar-refractivity contribution in [1.82, 2.24) is 9.80 Å². The highest BCUT2D eigenvalue weighted by atomic mass is 19.1. The minimum Gasteiger partial charge on any atom is -0.505 e. The van der Waals surface area contributed by atoms with Gasteiger partial charge in [-0.05, 0) is 48.9 Å². The van der Waals surface area contributed by atoms with Crippen LogP contribution in [0.25, 0.3) is 0 Å². The average Bonchev–Trinajstić information content (AvgIpc) is 3.14. The summed E-state index contributed by atoms with van der Waals surface area (Å²) in [6, 6.07) is 13.9. The Hall–Kier alpha value is -2.89. The number of rotatable bonds is 4. The molecule has 1 atom stereocenters. The highest BCUT2D eigenvalue weighted by Crippen LogP contribution is 2.39. The first-order valence-electron chi connectivity index (χ1n) is 10.1. The van der Waals surface area contributed by atoms with Crippen molar-refractivity contribution in [3.63, 3.8) is 0 Å². The van der Waals surface area contributed by atoms with Gasteiger partial charge in [-0.1, -0.05) is 36.4 Å². The molecule has 1 unspecified atom stereocenters. The van der Waals surface area contributed by atoms with E-state index in [4.69, 9.17) is 0 Å². The van der Waals surface area contributed by atoms with Crippen LogP contribution in [0.3, 0.4) is 0 Å². The average molecular weight is 396 g/mol. The SMILES string of the molecule is O=C(Cc1ccc(O)c(F)c1)N1CCCC12CCCN(Cc1ccccc1)C2=O. The van der Waals surface area contributed by atoms with E-state index in [0.717, 1.165) is 18.4 Å². The number of hydrogen-bond donors (Lipinski definition) is 1. The number of aromatic hydroxyl groups is 1. The van der Waals surface area contributed by atoms with Crippen molar-refractivity contribution in [3.8, 4) is 5.75 Å². The molecule has 2 fully saturated rings. The Morgan fingerprint density at radius 2 is 1.76 bits per heavy atom. The van der Waals surface area contributed by atoms with E-state index in [9.17, 15) is 19.1 Å². The molecule has 2 aromatic rings. The fraction of sp³-hybridized carbons (Fsp3) is 0.391. The van der Waals surface area contributed by atoms with Crippen LogP contribution < -0.4 is 0 Å². The number of amides is 2. The van der Waals surface area contributed by atoms with E-state index in [1.807, 2.05) is 35.2 Å². The predicted molar refractivity (Wildman–Crippen MR) is 107 cm³/mol. The van der Waals surface area contributed by atoms with Gasteiger partial charge in [0.2, 0.25) is 11.8 Å². The van der Waals surface area contributed by atoms with E-state index < -0.39 is 17.1 Å². The van der Waals surface area contributed by atoms with Gasteiger partial charge in [0, 0.05) is 19.6 Å². The third-order valence-electron chi connectivity index (χ3n) is 6.08. The molecule has 29 heavy (non-hydrogen) atoms. The Morgan fingerprint density at radius 1 is 1.03 bits per heavy atom. The van der Waals surface area contributed by atoms with Gasteiger partial charge in [0.05, 0.1) is 6.42 Å². The van der Waals surface area contributed by atoms with Gasteiger partial charge < -0.3 is 14.9 Å². The summed E-state index contributed by atoms with van der Waals surface area (Å²) in [5.74, 6) is -1.31. The lowest BCUT2D eigenvalue weighted by atomic mass is 9.84. The number of phenolic OH excluding ortho intramolecular Hbond substituents is 1. The Balaban J connectivity index is 1.52. The van der Waals surface area contributed by atoms with E-state index in [2.05, 4.69) is 0 Å². The van der Waals surface area contributed by atoms with Gasteiger partial charge in [-0.25, -0.2) is 4.39 Å². The molecule has 0 saturated carbocycles. The summed E-state index contributed by atoms with van der Waals surface area (Å²) in [5.41, 5.74) is 0.796. The highest BCUT2D eigenvalue weighted by Gasteiger charge is 2.52. The molecule has 2 aromatic carbocycles. The molecule has 6 heteroatoms. The number of carbonyl (C=O) groups is 2. The van der Waals surface area contributed by atoms with Gasteiger partial charge in [-0.3, -0.25) is 9.59 Å². The molecular formula is C23H25FN2O3. The predicted octanol–water partition coefficient (Wildman–Crippen LogP) is 3.26. The van der Waals surface area contributed by atoms with Crippen molar-refractivity contribution >= 4 is 11.8 Å². The maximum Gasteiger partial charge on any atom is 0.248 e. The Kier molecular flexibility index (Phi) is 5.26. The molecule has 2 heterocycles. The summed E-state index contributed by atoms with van der Waals surface area (Å²) < 4.78 is 13.6. The summed E-state index contributed by atoms with van der Waals surface area (Å²) in [4.78, 5) is 30.1. The van der Waals surface area contributed by atoms with Crippen molar-refractivity contribution in [2.45, 2.75) is 44.2 Å². The first kappa shape index (κ1) is 19.4. The molecule has 2 saturated heterocycles. The zero-order valence-corrected chi connectivity index (χ0v) is 16.3. The van der Waals surface area contributed by atoms with Gasteiger partial charge in [-0.2, -0.15) is 0 Å². The first-order chi connectivity index (χ1) is 14.0. The van der Waals surface area contributed by atoms with Crippen LogP contribution in [0, 0.1) is 5.82 Å². The van der Waals surface area contributed by atoms with Crippen LogP contribution in [-0.2, 0) is 22.6 Å². The summed E-state index contributed by atoms with van der Waals surface area (Å²) >= 11 is 0. The minimum atomic E-state index is -0.778. The van der Waals surface area contributed by atoms with Gasteiger partial charge in [-0.15, -0.1) is 0 Å². The van der Waals surface area contributed by atoms with Crippen molar-refractivity contribution in [3.05, 3.63) is 65.5 Å². The molecule has 1 spiro atoms. The van der Waals surface area contributed by atoms with Crippen LogP contribution >= 0.6 is 0 Å². The zero-order chi connectivity index (χ0) is 20.4. The quantitative estimate of drug-likeness (QED) is 0.863. The van der Waals surface area contributed by atoms with Crippen LogP contribution in [0.15, 0.2) is 48.5 Å². The van der Waals surface area contributed by atoms with Gasteiger partial charge in [0.25, 0.3) is 0 Å². The lowest BCUT2D eigenvalue weighted by Crippen LogP contribution is -2.61. The number of nitrogens with zero attached hydrogens (tertiary/aromatic N) is 2. The summed E-state index contributed by atoms with van der Waals surface area (Å²) in [5, 5.41) is 9.35. The van der Waals surface area contributed by atoms with Crippen molar-refractivity contribution in [2.75, 3.05) is 13.1 Å². The second-order valence-electron chi connectivity index (χ2n) is 7.96. The van der Waals surface area contributed by atoms with E-state index in [1.54, 1.807) is 11.0 Å². The van der Waals surface area contributed by atoms with E-state index in [-0.39, 0.29) is 18.2 Å². The summed E-state index contributed by atoms with van der Waals surface area (Å²) in [6.45, 7) is 1.79. The van der Waals surface area contributed by atoms with E-state index in [0.29, 0.717) is 38.0 Å². The zero-order valence-electron chi connectivity index (χ0n) is 16.3. The minimum absolute atomic E-state index is 0.0188. The highest BCUT2D eigenvalue weighted by molar-refractivity contribution is 5.93. The molecule has 4 rings (SSSR count).